The van der Waals surface area contributed by atoms with E-state index >= 15 is 0 Å². The molecule has 2 aromatic carbocycles. The lowest BCUT2D eigenvalue weighted by Gasteiger charge is -2.10. The van der Waals surface area contributed by atoms with Crippen LogP contribution in [-0.2, 0) is 0 Å². The maximum atomic E-state index is 12.8. The van der Waals surface area contributed by atoms with E-state index in [2.05, 4.69) is 5.32 Å². The molecular formula is C15H15ClFNOS. The molecule has 0 saturated heterocycles. The van der Waals surface area contributed by atoms with E-state index in [1.54, 1.807) is 23.9 Å². The molecule has 0 aliphatic heterocycles. The number of anilines is 1. The first-order valence-electron chi connectivity index (χ1n) is 6.19. The number of hydrogen-bond acceptors (Lipinski definition) is 3. The summed E-state index contributed by atoms with van der Waals surface area (Å²) in [5.41, 5.74) is 0.928. The highest BCUT2D eigenvalue weighted by Crippen LogP contribution is 2.28. The number of benzene rings is 2. The summed E-state index contributed by atoms with van der Waals surface area (Å²) in [6, 6.07) is 14.2. The predicted octanol–water partition coefficient (Wildman–Crippen LogP) is 3.99. The highest BCUT2D eigenvalue weighted by molar-refractivity contribution is 7.99. The Kier molecular flexibility index (Phi) is 5.71. The lowest BCUT2D eigenvalue weighted by atomic mass is 10.3. The standard InChI is InChI=1S/C15H15ClFNOS/c16-9-13(19)10-18-12-3-7-15(8-4-12)20-14-5-1-11(17)2-6-14/h1-8,13,18-19H,9-10H2. The average Bonchev–Trinajstić information content (AvgIpc) is 2.48. The molecule has 0 aliphatic rings. The molecule has 0 saturated carbocycles. The van der Waals surface area contributed by atoms with E-state index in [4.69, 9.17) is 11.6 Å². The molecule has 0 radical (unpaired) electrons. The summed E-state index contributed by atoms with van der Waals surface area (Å²) in [5.74, 6) is -0.0161. The summed E-state index contributed by atoms with van der Waals surface area (Å²) in [4.78, 5) is 2.06. The van der Waals surface area contributed by atoms with Gasteiger partial charge in [-0.15, -0.1) is 11.6 Å². The average molecular weight is 312 g/mol. The molecule has 0 spiro atoms. The molecule has 0 amide bonds. The highest BCUT2D eigenvalue weighted by Gasteiger charge is 2.02. The molecule has 0 heterocycles. The second-order valence-electron chi connectivity index (χ2n) is 4.27. The first kappa shape index (κ1) is 15.2. The van der Waals surface area contributed by atoms with Crippen LogP contribution < -0.4 is 5.32 Å². The van der Waals surface area contributed by atoms with Gasteiger partial charge in [0.15, 0.2) is 0 Å². The van der Waals surface area contributed by atoms with Crippen molar-refractivity contribution < 1.29 is 9.50 Å². The molecular weight excluding hydrogens is 297 g/mol. The maximum absolute atomic E-state index is 12.8. The molecule has 2 rings (SSSR count). The molecule has 1 unspecified atom stereocenters. The minimum atomic E-state index is -0.551. The SMILES string of the molecule is OC(CCl)CNc1ccc(Sc2ccc(F)cc2)cc1. The molecule has 0 aliphatic carbocycles. The number of aliphatic hydroxyl groups excluding tert-OH is 1. The Morgan fingerprint density at radius 1 is 1.05 bits per heavy atom. The van der Waals surface area contributed by atoms with Crippen molar-refractivity contribution in [1.29, 1.82) is 0 Å². The van der Waals surface area contributed by atoms with Crippen LogP contribution in [0.4, 0.5) is 10.1 Å². The molecule has 2 N–H and O–H groups in total. The van der Waals surface area contributed by atoms with Gasteiger partial charge < -0.3 is 10.4 Å². The fraction of sp³-hybridized carbons (Fsp3) is 0.200. The topological polar surface area (TPSA) is 32.3 Å². The van der Waals surface area contributed by atoms with Gasteiger partial charge in [-0.1, -0.05) is 11.8 Å². The summed E-state index contributed by atoms with van der Waals surface area (Å²) >= 11 is 7.09. The lowest BCUT2D eigenvalue weighted by molar-refractivity contribution is 0.211. The minimum Gasteiger partial charge on any atom is -0.390 e. The molecule has 2 aromatic rings. The zero-order valence-corrected chi connectivity index (χ0v) is 12.3. The van der Waals surface area contributed by atoms with Crippen LogP contribution in [0.25, 0.3) is 0 Å². The maximum Gasteiger partial charge on any atom is 0.123 e. The van der Waals surface area contributed by atoms with Gasteiger partial charge in [0.2, 0.25) is 0 Å². The van der Waals surface area contributed by atoms with E-state index in [1.807, 2.05) is 24.3 Å². The van der Waals surface area contributed by atoms with Crippen LogP contribution >= 0.6 is 23.4 Å². The van der Waals surface area contributed by atoms with Crippen LogP contribution in [0.15, 0.2) is 58.3 Å². The van der Waals surface area contributed by atoms with Crippen molar-refractivity contribution in [3.63, 3.8) is 0 Å². The minimum absolute atomic E-state index is 0.214. The Morgan fingerprint density at radius 2 is 1.60 bits per heavy atom. The number of nitrogens with one attached hydrogen (secondary N) is 1. The Hall–Kier alpha value is -1.23. The Bertz CT molecular complexity index is 533. The molecule has 0 bridgehead atoms. The van der Waals surface area contributed by atoms with Crippen LogP contribution in [-0.4, -0.2) is 23.6 Å². The van der Waals surface area contributed by atoms with Crippen molar-refractivity contribution in [2.75, 3.05) is 17.7 Å². The van der Waals surface area contributed by atoms with Gasteiger partial charge in [0.1, 0.15) is 5.82 Å². The first-order valence-corrected chi connectivity index (χ1v) is 7.54. The fourth-order valence-corrected chi connectivity index (χ4v) is 2.50. The van der Waals surface area contributed by atoms with Crippen molar-refractivity contribution in [3.05, 3.63) is 54.3 Å². The van der Waals surface area contributed by atoms with Gasteiger partial charge in [-0.25, -0.2) is 4.39 Å². The first-order chi connectivity index (χ1) is 9.67. The van der Waals surface area contributed by atoms with Gasteiger partial charge in [0.25, 0.3) is 0 Å². The molecule has 5 heteroatoms. The van der Waals surface area contributed by atoms with Crippen LogP contribution in [0.2, 0.25) is 0 Å². The van der Waals surface area contributed by atoms with E-state index in [-0.39, 0.29) is 11.7 Å². The van der Waals surface area contributed by atoms with Crippen LogP contribution in [0.1, 0.15) is 0 Å². The third kappa shape index (κ3) is 4.71. The molecule has 0 aromatic heterocycles. The van der Waals surface area contributed by atoms with Crippen molar-refractivity contribution in [1.82, 2.24) is 0 Å². The summed E-state index contributed by atoms with van der Waals surface area (Å²) in [7, 11) is 0. The van der Waals surface area contributed by atoms with Gasteiger partial charge in [-0.2, -0.15) is 0 Å². The van der Waals surface area contributed by atoms with Crippen molar-refractivity contribution in [2.45, 2.75) is 15.9 Å². The molecule has 1 atom stereocenters. The quantitative estimate of drug-likeness (QED) is 0.791. The summed E-state index contributed by atoms with van der Waals surface area (Å²) in [5, 5.41) is 12.5. The van der Waals surface area contributed by atoms with Crippen LogP contribution in [0, 0.1) is 5.82 Å². The molecule has 20 heavy (non-hydrogen) atoms. The van der Waals surface area contributed by atoms with Crippen molar-refractivity contribution >= 4 is 29.1 Å². The van der Waals surface area contributed by atoms with Crippen LogP contribution in [0.3, 0.4) is 0 Å². The largest absolute Gasteiger partial charge is 0.390 e. The zero-order chi connectivity index (χ0) is 14.4. The van der Waals surface area contributed by atoms with E-state index in [1.165, 1.54) is 12.1 Å². The van der Waals surface area contributed by atoms with Crippen molar-refractivity contribution in [3.8, 4) is 0 Å². The number of halogens is 2. The van der Waals surface area contributed by atoms with E-state index in [9.17, 15) is 9.50 Å². The van der Waals surface area contributed by atoms with E-state index < -0.39 is 6.10 Å². The molecule has 2 nitrogen and oxygen atoms in total. The normalized spacial score (nSPS) is 12.2. The summed E-state index contributed by atoms with van der Waals surface area (Å²) < 4.78 is 12.8. The monoisotopic (exact) mass is 311 g/mol. The third-order valence-electron chi connectivity index (χ3n) is 2.62. The number of alkyl halides is 1. The van der Waals surface area contributed by atoms with Gasteiger partial charge >= 0.3 is 0 Å². The van der Waals surface area contributed by atoms with Gasteiger partial charge in [0.05, 0.1) is 12.0 Å². The fourth-order valence-electron chi connectivity index (χ4n) is 1.57. The summed E-state index contributed by atoms with van der Waals surface area (Å²) in [6.07, 6.45) is -0.551. The number of aliphatic hydroxyl groups is 1. The van der Waals surface area contributed by atoms with Gasteiger partial charge in [-0.05, 0) is 48.5 Å². The van der Waals surface area contributed by atoms with Crippen molar-refractivity contribution in [2.24, 2.45) is 0 Å². The lowest BCUT2D eigenvalue weighted by Crippen LogP contribution is -2.20. The third-order valence-corrected chi connectivity index (χ3v) is 4.00. The van der Waals surface area contributed by atoms with E-state index in [0.29, 0.717) is 6.54 Å². The van der Waals surface area contributed by atoms with Crippen LogP contribution in [0.5, 0.6) is 0 Å². The van der Waals surface area contributed by atoms with E-state index in [0.717, 1.165) is 15.5 Å². The number of hydrogen-bond donors (Lipinski definition) is 2. The Balaban J connectivity index is 1.92. The Morgan fingerprint density at radius 3 is 2.15 bits per heavy atom. The second kappa shape index (κ2) is 7.53. The molecule has 0 fully saturated rings. The smallest absolute Gasteiger partial charge is 0.123 e. The predicted molar refractivity (Wildman–Crippen MR) is 82.2 cm³/mol. The highest BCUT2D eigenvalue weighted by atomic mass is 35.5. The van der Waals surface area contributed by atoms with Gasteiger partial charge in [-0.3, -0.25) is 0 Å². The van der Waals surface area contributed by atoms with Gasteiger partial charge in [0, 0.05) is 22.0 Å². The zero-order valence-electron chi connectivity index (χ0n) is 10.7. The summed E-state index contributed by atoms with van der Waals surface area (Å²) in [6.45, 7) is 0.425. The Labute approximate surface area is 127 Å². The molecule has 106 valence electrons. The second-order valence-corrected chi connectivity index (χ2v) is 5.72. The number of rotatable bonds is 6.